The molecule has 3 atom stereocenters. The smallest absolute Gasteiger partial charge is 0.210 e. The minimum atomic E-state index is -0.454. The van der Waals surface area contributed by atoms with Crippen molar-refractivity contribution in [2.24, 2.45) is 0 Å². The lowest BCUT2D eigenvalue weighted by molar-refractivity contribution is -0.125. The Kier molecular flexibility index (Phi) is 3.26. The van der Waals surface area contributed by atoms with Gasteiger partial charge in [0.2, 0.25) is 6.41 Å². The van der Waals surface area contributed by atoms with Gasteiger partial charge >= 0.3 is 0 Å². The largest absolute Gasteiger partial charge is 0.328 e. The summed E-state index contributed by atoms with van der Waals surface area (Å²) in [6, 6.07) is 12.1. The Balaban J connectivity index is 1.97. The van der Waals surface area contributed by atoms with E-state index in [1.807, 2.05) is 12.1 Å². The van der Waals surface area contributed by atoms with Gasteiger partial charge < -0.3 is 9.69 Å². The van der Waals surface area contributed by atoms with Crippen LogP contribution in [0.15, 0.2) is 42.5 Å². The number of fused-ring (bicyclic) bond motifs is 5. The van der Waals surface area contributed by atoms with E-state index in [1.165, 1.54) is 17.7 Å². The van der Waals surface area contributed by atoms with E-state index in [2.05, 4.69) is 12.1 Å². The Bertz CT molecular complexity index is 789. The van der Waals surface area contributed by atoms with Crippen LogP contribution in [-0.2, 0) is 16.0 Å². The van der Waals surface area contributed by atoms with Crippen molar-refractivity contribution in [1.29, 1.82) is 0 Å². The topological polar surface area (TPSA) is 37.4 Å². The van der Waals surface area contributed by atoms with Crippen LogP contribution in [0.25, 0.3) is 0 Å². The first-order chi connectivity index (χ1) is 11.2. The Hall–Kier alpha value is -2.49. The van der Waals surface area contributed by atoms with E-state index in [-0.39, 0.29) is 17.8 Å². The van der Waals surface area contributed by atoms with E-state index < -0.39 is 6.04 Å². The predicted molar refractivity (Wildman–Crippen MR) is 83.5 cm³/mol. The van der Waals surface area contributed by atoms with Crippen molar-refractivity contribution in [1.82, 2.24) is 4.90 Å². The lowest BCUT2D eigenvalue weighted by Crippen LogP contribution is -2.32. The van der Waals surface area contributed by atoms with Crippen molar-refractivity contribution in [2.75, 3.05) is 0 Å². The summed E-state index contributed by atoms with van der Waals surface area (Å²) < 4.78 is 13.8. The number of likely N-dealkylation sites (tertiary alicyclic amines) is 1. The van der Waals surface area contributed by atoms with E-state index in [4.69, 9.17) is 0 Å². The normalized spacial score (nSPS) is 25.1. The Morgan fingerprint density at radius 3 is 2.61 bits per heavy atom. The number of halogens is 1. The fourth-order valence-corrected chi connectivity index (χ4v) is 4.13. The molecule has 0 radical (unpaired) electrons. The van der Waals surface area contributed by atoms with Crippen molar-refractivity contribution in [3.05, 3.63) is 70.5 Å². The van der Waals surface area contributed by atoms with Crippen LogP contribution >= 0.6 is 0 Å². The molecule has 0 aromatic heterocycles. The van der Waals surface area contributed by atoms with Gasteiger partial charge in [-0.05, 0) is 47.2 Å². The van der Waals surface area contributed by atoms with Gasteiger partial charge in [-0.25, -0.2) is 4.39 Å². The molecule has 0 bridgehead atoms. The lowest BCUT2D eigenvalue weighted by atomic mass is 9.87. The molecule has 23 heavy (non-hydrogen) atoms. The lowest BCUT2D eigenvalue weighted by Gasteiger charge is -2.27. The molecule has 0 unspecified atom stereocenters. The van der Waals surface area contributed by atoms with Gasteiger partial charge in [0.1, 0.15) is 12.1 Å². The number of rotatable bonds is 2. The summed E-state index contributed by atoms with van der Waals surface area (Å²) in [5.74, 6) is -0.288. The maximum Gasteiger partial charge on any atom is 0.210 e. The van der Waals surface area contributed by atoms with Gasteiger partial charge in [0, 0.05) is 5.92 Å². The predicted octanol–water partition coefficient (Wildman–Crippen LogP) is 2.98. The van der Waals surface area contributed by atoms with Crippen molar-refractivity contribution < 1.29 is 14.0 Å². The average Bonchev–Trinajstić information content (AvgIpc) is 2.89. The maximum atomic E-state index is 13.8. The van der Waals surface area contributed by atoms with E-state index in [0.29, 0.717) is 6.42 Å². The molecular formula is C19H16FNO2. The summed E-state index contributed by atoms with van der Waals surface area (Å²) >= 11 is 0. The molecule has 4 heteroatoms. The van der Waals surface area contributed by atoms with Crippen LogP contribution < -0.4 is 0 Å². The second kappa shape index (κ2) is 5.30. The summed E-state index contributed by atoms with van der Waals surface area (Å²) in [6.07, 6.45) is 2.86. The van der Waals surface area contributed by atoms with Gasteiger partial charge in [-0.2, -0.15) is 0 Å². The van der Waals surface area contributed by atoms with Crippen LogP contribution in [0.2, 0.25) is 0 Å². The molecule has 1 fully saturated rings. The zero-order chi connectivity index (χ0) is 16.0. The van der Waals surface area contributed by atoms with Crippen LogP contribution in [0.3, 0.4) is 0 Å². The molecule has 2 aromatic carbocycles. The van der Waals surface area contributed by atoms with Crippen molar-refractivity contribution in [3.63, 3.8) is 0 Å². The van der Waals surface area contributed by atoms with Crippen molar-refractivity contribution >= 4 is 12.7 Å². The number of hydrogen-bond donors (Lipinski definition) is 0. The first kappa shape index (κ1) is 14.1. The average molecular weight is 309 g/mol. The number of benzene rings is 2. The monoisotopic (exact) mass is 309 g/mol. The number of nitrogens with zero attached hydrogens (tertiary/aromatic N) is 1. The summed E-state index contributed by atoms with van der Waals surface area (Å²) in [7, 11) is 0. The third-order valence-corrected chi connectivity index (χ3v) is 5.12. The summed E-state index contributed by atoms with van der Waals surface area (Å²) in [6.45, 7) is 0. The molecule has 1 amide bonds. The minimum Gasteiger partial charge on any atom is -0.328 e. The van der Waals surface area contributed by atoms with Crippen molar-refractivity contribution in [3.8, 4) is 0 Å². The SMILES string of the molecule is O=C[C@H]1C[C@@H]2c3ccccc3Cc3ccc(F)cc3[C@H]2N1C=O. The number of carbonyl (C=O) groups excluding carboxylic acids is 2. The van der Waals surface area contributed by atoms with E-state index >= 15 is 0 Å². The molecule has 0 saturated carbocycles. The maximum absolute atomic E-state index is 13.8. The molecule has 1 aliphatic carbocycles. The number of carbonyl (C=O) groups is 2. The molecule has 0 N–H and O–H groups in total. The van der Waals surface area contributed by atoms with Gasteiger partial charge in [0.25, 0.3) is 0 Å². The summed E-state index contributed by atoms with van der Waals surface area (Å²) in [5, 5.41) is 0. The fourth-order valence-electron chi connectivity index (χ4n) is 4.13. The first-order valence-corrected chi connectivity index (χ1v) is 7.77. The fraction of sp³-hybridized carbons (Fsp3) is 0.263. The molecule has 1 saturated heterocycles. The van der Waals surface area contributed by atoms with Gasteiger partial charge in [-0.15, -0.1) is 0 Å². The molecule has 116 valence electrons. The van der Waals surface area contributed by atoms with Crippen LogP contribution in [0.4, 0.5) is 4.39 Å². The molecule has 2 aromatic rings. The Labute approximate surface area is 133 Å². The van der Waals surface area contributed by atoms with E-state index in [1.54, 1.807) is 11.0 Å². The van der Waals surface area contributed by atoms with Gasteiger partial charge in [0.15, 0.2) is 0 Å². The molecule has 1 heterocycles. The quantitative estimate of drug-likeness (QED) is 0.800. The Morgan fingerprint density at radius 2 is 1.83 bits per heavy atom. The second-order valence-corrected chi connectivity index (χ2v) is 6.26. The number of hydrogen-bond acceptors (Lipinski definition) is 2. The highest BCUT2D eigenvalue weighted by Gasteiger charge is 2.44. The van der Waals surface area contributed by atoms with Crippen LogP contribution in [0, 0.1) is 5.82 Å². The zero-order valence-corrected chi connectivity index (χ0v) is 12.5. The molecule has 1 aliphatic heterocycles. The molecule has 4 rings (SSSR count). The molecule has 2 aliphatic rings. The third kappa shape index (κ3) is 2.09. The molecule has 3 nitrogen and oxygen atoms in total. The van der Waals surface area contributed by atoms with Gasteiger partial charge in [0.05, 0.1) is 12.1 Å². The highest BCUT2D eigenvalue weighted by molar-refractivity contribution is 5.67. The minimum absolute atomic E-state index is 0.0228. The third-order valence-electron chi connectivity index (χ3n) is 5.12. The zero-order valence-electron chi connectivity index (χ0n) is 12.5. The highest BCUT2D eigenvalue weighted by atomic mass is 19.1. The molecular weight excluding hydrogens is 293 g/mol. The summed E-state index contributed by atoms with van der Waals surface area (Å²) in [5.41, 5.74) is 4.18. The van der Waals surface area contributed by atoms with Crippen molar-refractivity contribution in [2.45, 2.75) is 30.8 Å². The second-order valence-electron chi connectivity index (χ2n) is 6.26. The van der Waals surface area contributed by atoms with E-state index in [0.717, 1.165) is 35.8 Å². The van der Waals surface area contributed by atoms with Crippen LogP contribution in [0.5, 0.6) is 0 Å². The standard InChI is InChI=1S/C19H16FNO2/c20-14-6-5-13-7-12-3-1-2-4-16(12)18-9-15(10-22)21(11-23)19(18)17(13)8-14/h1-6,8,10-11,15,18-19H,7,9H2/t15-,18-,19-/m1/s1. The van der Waals surface area contributed by atoms with Crippen LogP contribution in [0.1, 0.15) is 40.6 Å². The summed E-state index contributed by atoms with van der Waals surface area (Å²) in [4.78, 5) is 24.6. The van der Waals surface area contributed by atoms with Crippen LogP contribution in [-0.4, -0.2) is 23.6 Å². The first-order valence-electron chi connectivity index (χ1n) is 7.77. The van der Waals surface area contributed by atoms with E-state index in [9.17, 15) is 14.0 Å². The number of aldehydes is 1. The highest BCUT2D eigenvalue weighted by Crippen LogP contribution is 2.49. The number of amides is 1. The van der Waals surface area contributed by atoms with Gasteiger partial charge in [-0.1, -0.05) is 30.3 Å². The van der Waals surface area contributed by atoms with Gasteiger partial charge in [-0.3, -0.25) is 4.79 Å². The molecule has 0 spiro atoms. The Morgan fingerprint density at radius 1 is 1.04 bits per heavy atom.